The molecule has 2 aliphatic heterocycles. The lowest BCUT2D eigenvalue weighted by atomic mass is 10.1. The minimum Gasteiger partial charge on any atom is -0.497 e. The Kier molecular flexibility index (Phi) is 3.96. The van der Waals surface area contributed by atoms with E-state index in [-0.39, 0.29) is 11.6 Å². The number of anilines is 1. The van der Waals surface area contributed by atoms with Crippen molar-refractivity contribution in [2.24, 2.45) is 5.10 Å². The monoisotopic (exact) mass is 365 g/mol. The van der Waals surface area contributed by atoms with Crippen LogP contribution in [0.2, 0.25) is 0 Å². The fraction of sp³-hybridized carbons (Fsp3) is 0.111. The minimum atomic E-state index is -0.689. The Morgan fingerprint density at radius 2 is 1.96 bits per heavy atom. The zero-order valence-corrected chi connectivity index (χ0v) is 14.3. The predicted molar refractivity (Wildman–Crippen MR) is 98.0 cm³/mol. The number of carbonyl (C=O) groups is 1. The summed E-state index contributed by atoms with van der Waals surface area (Å²) in [5, 5.41) is 15.0. The van der Waals surface area contributed by atoms with Crippen LogP contribution in [0.25, 0.3) is 0 Å². The molecule has 0 aliphatic carbocycles. The van der Waals surface area contributed by atoms with Gasteiger partial charge in [0.2, 0.25) is 6.17 Å². The number of amidine groups is 1. The average Bonchev–Trinajstić information content (AvgIpc) is 3.13. The van der Waals surface area contributed by atoms with Crippen molar-refractivity contribution in [2.45, 2.75) is 6.17 Å². The standard InChI is InChI=1S/C18H15N5O4/c1-27-15-4-2-3-14(11-15)21-9-10-22-16(19-20-17(22)18(21)24)12-5-7-13(8-6-12)23(25)26/h2-11,17,20H,1H3. The molecule has 4 rings (SSSR count). The lowest BCUT2D eigenvalue weighted by molar-refractivity contribution is -0.384. The molecule has 0 bridgehead atoms. The number of hydrazone groups is 1. The quantitative estimate of drug-likeness (QED) is 0.657. The molecule has 2 heterocycles. The number of hydrogen-bond acceptors (Lipinski definition) is 7. The number of ether oxygens (including phenoxy) is 1. The van der Waals surface area contributed by atoms with Crippen molar-refractivity contribution in [3.05, 3.63) is 76.6 Å². The number of fused-ring (bicyclic) bond motifs is 1. The molecule has 1 amide bonds. The van der Waals surface area contributed by atoms with Gasteiger partial charge in [-0.2, -0.15) is 5.10 Å². The normalized spacial score (nSPS) is 18.0. The molecule has 0 saturated carbocycles. The summed E-state index contributed by atoms with van der Waals surface area (Å²) in [6, 6.07) is 13.2. The van der Waals surface area contributed by atoms with Crippen LogP contribution in [0, 0.1) is 10.1 Å². The van der Waals surface area contributed by atoms with E-state index in [0.29, 0.717) is 22.8 Å². The van der Waals surface area contributed by atoms with E-state index in [1.807, 2.05) is 12.1 Å². The summed E-state index contributed by atoms with van der Waals surface area (Å²) < 4.78 is 5.21. The Morgan fingerprint density at radius 3 is 2.67 bits per heavy atom. The smallest absolute Gasteiger partial charge is 0.276 e. The first-order valence-electron chi connectivity index (χ1n) is 8.10. The van der Waals surface area contributed by atoms with Crippen molar-refractivity contribution < 1.29 is 14.5 Å². The summed E-state index contributed by atoms with van der Waals surface area (Å²) in [6.07, 6.45) is 2.71. The number of nitrogens with zero attached hydrogens (tertiary/aromatic N) is 4. The molecule has 2 aromatic carbocycles. The number of benzene rings is 2. The third-order valence-corrected chi connectivity index (χ3v) is 4.33. The average molecular weight is 365 g/mol. The predicted octanol–water partition coefficient (Wildman–Crippen LogP) is 2.01. The van der Waals surface area contributed by atoms with Crippen LogP contribution in [-0.4, -0.2) is 34.8 Å². The van der Waals surface area contributed by atoms with Crippen LogP contribution in [0.1, 0.15) is 5.56 Å². The maximum absolute atomic E-state index is 12.9. The number of nitrogens with one attached hydrogen (secondary N) is 1. The van der Waals surface area contributed by atoms with Crippen molar-refractivity contribution in [3.63, 3.8) is 0 Å². The highest BCUT2D eigenvalue weighted by Gasteiger charge is 2.38. The number of hydrogen-bond donors (Lipinski definition) is 1. The Morgan fingerprint density at radius 1 is 1.19 bits per heavy atom. The SMILES string of the molecule is COc1cccc(N2C=CN3C(c4ccc([N+](=O)[O-])cc4)=NNC3C2=O)c1. The first kappa shape index (κ1) is 16.6. The second-order valence-electron chi connectivity index (χ2n) is 5.89. The molecule has 2 aliphatic rings. The summed E-state index contributed by atoms with van der Waals surface area (Å²) in [5.41, 5.74) is 4.18. The van der Waals surface area contributed by atoms with Gasteiger partial charge < -0.3 is 4.74 Å². The minimum absolute atomic E-state index is 0.00341. The molecule has 0 fully saturated rings. The number of carbonyl (C=O) groups excluding carboxylic acids is 1. The fourth-order valence-corrected chi connectivity index (χ4v) is 2.96. The molecule has 2 aromatic rings. The number of non-ortho nitro benzene ring substituents is 1. The molecule has 1 atom stereocenters. The second kappa shape index (κ2) is 6.45. The van der Waals surface area contributed by atoms with Crippen LogP contribution in [0.5, 0.6) is 5.75 Å². The van der Waals surface area contributed by atoms with Crippen molar-refractivity contribution in [3.8, 4) is 5.75 Å². The topological polar surface area (TPSA) is 100 Å². The van der Waals surface area contributed by atoms with Gasteiger partial charge in [-0.3, -0.25) is 30.1 Å². The van der Waals surface area contributed by atoms with E-state index in [4.69, 9.17) is 4.74 Å². The maximum atomic E-state index is 12.9. The van der Waals surface area contributed by atoms with Crippen LogP contribution in [0.15, 0.2) is 66.0 Å². The van der Waals surface area contributed by atoms with Crippen LogP contribution in [-0.2, 0) is 4.79 Å². The van der Waals surface area contributed by atoms with Crippen LogP contribution < -0.4 is 15.1 Å². The molecule has 0 radical (unpaired) electrons. The molecular formula is C18H15N5O4. The molecule has 9 heteroatoms. The molecule has 27 heavy (non-hydrogen) atoms. The van der Waals surface area contributed by atoms with E-state index in [9.17, 15) is 14.9 Å². The zero-order valence-electron chi connectivity index (χ0n) is 14.3. The van der Waals surface area contributed by atoms with Gasteiger partial charge in [0.1, 0.15) is 5.75 Å². The molecule has 0 spiro atoms. The van der Waals surface area contributed by atoms with Gasteiger partial charge in [0.15, 0.2) is 5.84 Å². The molecular weight excluding hydrogens is 350 g/mol. The first-order chi connectivity index (χ1) is 13.1. The van der Waals surface area contributed by atoms with E-state index < -0.39 is 11.1 Å². The van der Waals surface area contributed by atoms with Crippen molar-refractivity contribution in [2.75, 3.05) is 12.0 Å². The van der Waals surface area contributed by atoms with Crippen molar-refractivity contribution >= 4 is 23.1 Å². The largest absolute Gasteiger partial charge is 0.497 e. The first-order valence-corrected chi connectivity index (χ1v) is 8.10. The van der Waals surface area contributed by atoms with Gasteiger partial charge in [-0.1, -0.05) is 6.07 Å². The highest BCUT2D eigenvalue weighted by Crippen LogP contribution is 2.27. The van der Waals surface area contributed by atoms with Gasteiger partial charge in [-0.05, 0) is 24.3 Å². The third kappa shape index (κ3) is 2.84. The summed E-state index contributed by atoms with van der Waals surface area (Å²) in [7, 11) is 1.57. The second-order valence-corrected chi connectivity index (χ2v) is 5.89. The number of methoxy groups -OCH3 is 1. The molecule has 0 saturated heterocycles. The lowest BCUT2D eigenvalue weighted by Crippen LogP contribution is -2.52. The van der Waals surface area contributed by atoms with Gasteiger partial charge in [0.05, 0.1) is 17.7 Å². The van der Waals surface area contributed by atoms with Gasteiger partial charge in [-0.15, -0.1) is 0 Å². The van der Waals surface area contributed by atoms with Crippen LogP contribution in [0.3, 0.4) is 0 Å². The number of nitro groups is 1. The highest BCUT2D eigenvalue weighted by molar-refractivity contribution is 6.08. The lowest BCUT2D eigenvalue weighted by Gasteiger charge is -2.32. The van der Waals surface area contributed by atoms with E-state index in [1.165, 1.54) is 17.0 Å². The van der Waals surface area contributed by atoms with Gasteiger partial charge in [0.25, 0.3) is 11.6 Å². The Hall–Kier alpha value is -3.88. The number of amides is 1. The zero-order chi connectivity index (χ0) is 19.0. The van der Waals surface area contributed by atoms with E-state index in [1.54, 1.807) is 48.7 Å². The van der Waals surface area contributed by atoms with Crippen LogP contribution in [0.4, 0.5) is 11.4 Å². The van der Waals surface area contributed by atoms with Gasteiger partial charge in [0, 0.05) is 36.2 Å². The third-order valence-electron chi connectivity index (χ3n) is 4.33. The maximum Gasteiger partial charge on any atom is 0.276 e. The van der Waals surface area contributed by atoms with Gasteiger partial charge >= 0.3 is 0 Å². The molecule has 1 N–H and O–H groups in total. The Balaban J connectivity index is 1.60. The Labute approximate surface area is 154 Å². The summed E-state index contributed by atoms with van der Waals surface area (Å²) in [6.45, 7) is 0. The fourth-order valence-electron chi connectivity index (χ4n) is 2.96. The van der Waals surface area contributed by atoms with Gasteiger partial charge in [-0.25, -0.2) is 0 Å². The van der Waals surface area contributed by atoms with Crippen LogP contribution >= 0.6 is 0 Å². The highest BCUT2D eigenvalue weighted by atomic mass is 16.6. The van der Waals surface area contributed by atoms with E-state index in [2.05, 4.69) is 10.5 Å². The summed E-state index contributed by atoms with van der Waals surface area (Å²) >= 11 is 0. The molecule has 0 aromatic heterocycles. The number of rotatable bonds is 4. The molecule has 136 valence electrons. The summed E-state index contributed by atoms with van der Waals surface area (Å²) in [5.74, 6) is 0.967. The molecule has 1 unspecified atom stereocenters. The molecule has 9 nitrogen and oxygen atoms in total. The van der Waals surface area contributed by atoms with Crippen molar-refractivity contribution in [1.82, 2.24) is 10.3 Å². The Bertz CT molecular complexity index is 970. The van der Waals surface area contributed by atoms with E-state index >= 15 is 0 Å². The van der Waals surface area contributed by atoms with E-state index in [0.717, 1.165) is 0 Å². The number of nitro benzene ring substituents is 1. The summed E-state index contributed by atoms with van der Waals surface area (Å²) in [4.78, 5) is 26.5. The van der Waals surface area contributed by atoms with Crippen molar-refractivity contribution in [1.29, 1.82) is 0 Å².